The Bertz CT molecular complexity index is 955. The van der Waals surface area contributed by atoms with Gasteiger partial charge in [-0.3, -0.25) is 0 Å². The Hall–Kier alpha value is -2.69. The van der Waals surface area contributed by atoms with E-state index in [9.17, 15) is 9.50 Å². The first-order valence-corrected chi connectivity index (χ1v) is 9.49. The maximum absolute atomic E-state index is 13.4. The van der Waals surface area contributed by atoms with Crippen LogP contribution in [-0.2, 0) is 11.3 Å². The minimum absolute atomic E-state index is 0.156. The summed E-state index contributed by atoms with van der Waals surface area (Å²) in [5.41, 5.74) is 1.44. The molecule has 4 rings (SSSR count). The summed E-state index contributed by atoms with van der Waals surface area (Å²) in [4.78, 5) is 0. The summed E-state index contributed by atoms with van der Waals surface area (Å²) < 4.78 is 31.0. The van der Waals surface area contributed by atoms with E-state index in [4.69, 9.17) is 14.2 Å². The number of hydrogen-bond acceptors (Lipinski definition) is 8. The van der Waals surface area contributed by atoms with Gasteiger partial charge in [-0.2, -0.15) is 4.68 Å². The molecule has 1 aromatic heterocycles. The van der Waals surface area contributed by atoms with Gasteiger partial charge < -0.3 is 19.3 Å². The second kappa shape index (κ2) is 8.55. The van der Waals surface area contributed by atoms with Crippen molar-refractivity contribution < 1.29 is 23.7 Å². The van der Waals surface area contributed by atoms with Gasteiger partial charge in [-0.15, -0.1) is 5.10 Å². The number of benzene rings is 2. The molecule has 1 atom stereocenters. The molecule has 10 heteroatoms. The maximum Gasteiger partial charge on any atom is 0.231 e. The molecule has 28 heavy (non-hydrogen) atoms. The third-order valence-electron chi connectivity index (χ3n) is 3.91. The van der Waals surface area contributed by atoms with Gasteiger partial charge in [-0.25, -0.2) is 4.39 Å². The summed E-state index contributed by atoms with van der Waals surface area (Å²) in [5.74, 6) is 1.37. The van der Waals surface area contributed by atoms with Crippen LogP contribution in [0.5, 0.6) is 11.5 Å². The summed E-state index contributed by atoms with van der Waals surface area (Å²) in [5, 5.41) is 22.0. The fraction of sp³-hybridized carbons (Fsp3) is 0.278. The Kier molecular flexibility index (Phi) is 5.70. The molecule has 0 saturated heterocycles. The number of nitrogens with zero attached hydrogens (tertiary/aromatic N) is 4. The number of halogens is 1. The lowest BCUT2D eigenvalue weighted by molar-refractivity contribution is 0.0397. The van der Waals surface area contributed by atoms with Gasteiger partial charge in [0.2, 0.25) is 11.9 Å². The van der Waals surface area contributed by atoms with Crippen molar-refractivity contribution in [2.24, 2.45) is 0 Å². The monoisotopic (exact) mass is 404 g/mol. The van der Waals surface area contributed by atoms with E-state index in [2.05, 4.69) is 15.5 Å². The highest BCUT2D eigenvalue weighted by atomic mass is 32.2. The van der Waals surface area contributed by atoms with Crippen molar-refractivity contribution in [2.45, 2.75) is 17.9 Å². The largest absolute Gasteiger partial charge is 0.454 e. The third-order valence-corrected chi connectivity index (χ3v) is 4.98. The topological polar surface area (TPSA) is 91.5 Å². The molecule has 0 fully saturated rings. The first kappa shape index (κ1) is 18.7. The zero-order valence-electron chi connectivity index (χ0n) is 14.7. The minimum atomic E-state index is -0.711. The molecular weight excluding hydrogens is 387 g/mol. The summed E-state index contributed by atoms with van der Waals surface area (Å²) in [7, 11) is 0. The Morgan fingerprint density at radius 1 is 1.21 bits per heavy atom. The fourth-order valence-electron chi connectivity index (χ4n) is 2.60. The average Bonchev–Trinajstić information content (AvgIpc) is 3.35. The molecular formula is C18H17FN4O4S. The molecule has 2 heterocycles. The second-order valence-electron chi connectivity index (χ2n) is 6.02. The van der Waals surface area contributed by atoms with E-state index in [1.807, 2.05) is 18.2 Å². The first-order valence-electron chi connectivity index (χ1n) is 8.50. The lowest BCUT2D eigenvalue weighted by Gasteiger charge is -2.11. The molecule has 2 aromatic carbocycles. The van der Waals surface area contributed by atoms with Crippen LogP contribution in [0.15, 0.2) is 47.6 Å². The number of hydrogen-bond donors (Lipinski definition) is 1. The maximum atomic E-state index is 13.4. The summed E-state index contributed by atoms with van der Waals surface area (Å²) in [6.07, 6.45) is -0.711. The first-order chi connectivity index (χ1) is 13.7. The van der Waals surface area contributed by atoms with Crippen molar-refractivity contribution in [1.82, 2.24) is 20.2 Å². The third kappa shape index (κ3) is 4.41. The van der Waals surface area contributed by atoms with Gasteiger partial charge in [-0.1, -0.05) is 23.9 Å². The smallest absolute Gasteiger partial charge is 0.231 e. The van der Waals surface area contributed by atoms with E-state index in [0.29, 0.717) is 29.0 Å². The van der Waals surface area contributed by atoms with E-state index in [-0.39, 0.29) is 19.2 Å². The molecule has 1 aliphatic heterocycles. The predicted molar refractivity (Wildman–Crippen MR) is 98.1 cm³/mol. The molecule has 0 saturated carbocycles. The number of aliphatic hydroxyl groups is 1. The van der Waals surface area contributed by atoms with Gasteiger partial charge in [-0.05, 0) is 46.3 Å². The number of aromatic nitrogens is 4. The van der Waals surface area contributed by atoms with Crippen LogP contribution in [-0.4, -0.2) is 50.6 Å². The van der Waals surface area contributed by atoms with Crippen LogP contribution < -0.4 is 9.47 Å². The molecule has 0 bridgehead atoms. The van der Waals surface area contributed by atoms with E-state index >= 15 is 0 Å². The van der Waals surface area contributed by atoms with Crippen molar-refractivity contribution in [3.8, 4) is 17.2 Å². The van der Waals surface area contributed by atoms with E-state index in [1.165, 1.54) is 28.6 Å². The number of fused-ring (bicyclic) bond motifs is 1. The van der Waals surface area contributed by atoms with Crippen LogP contribution in [0.4, 0.5) is 4.39 Å². The number of rotatable bonds is 8. The highest BCUT2D eigenvalue weighted by Gasteiger charge is 2.15. The van der Waals surface area contributed by atoms with Crippen LogP contribution in [0.3, 0.4) is 0 Å². The van der Waals surface area contributed by atoms with Crippen LogP contribution in [0.25, 0.3) is 5.69 Å². The van der Waals surface area contributed by atoms with Crippen molar-refractivity contribution in [1.29, 1.82) is 0 Å². The van der Waals surface area contributed by atoms with E-state index < -0.39 is 6.10 Å². The molecule has 0 unspecified atom stereocenters. The van der Waals surface area contributed by atoms with E-state index in [0.717, 1.165) is 11.3 Å². The van der Waals surface area contributed by atoms with Crippen molar-refractivity contribution in [2.75, 3.05) is 19.2 Å². The van der Waals surface area contributed by atoms with Crippen LogP contribution in [0.2, 0.25) is 0 Å². The second-order valence-corrected chi connectivity index (χ2v) is 7.01. The lowest BCUT2D eigenvalue weighted by atomic mass is 10.2. The number of ether oxygens (including phenoxy) is 3. The number of thioether (sulfide) groups is 1. The average molecular weight is 404 g/mol. The zero-order chi connectivity index (χ0) is 19.3. The Labute approximate surface area is 164 Å². The summed E-state index contributed by atoms with van der Waals surface area (Å²) in [6, 6.07) is 11.6. The molecule has 146 valence electrons. The molecule has 0 amide bonds. The minimum Gasteiger partial charge on any atom is -0.454 e. The molecule has 0 spiro atoms. The zero-order valence-corrected chi connectivity index (χ0v) is 15.5. The van der Waals surface area contributed by atoms with E-state index in [1.54, 1.807) is 12.1 Å². The number of tetrazole rings is 1. The standard InChI is InChI=1S/C18H17FN4O4S/c19-13-2-1-3-14(7-13)23-18(20-21-22-23)28-10-15(24)9-25-8-12-4-5-16-17(6-12)27-11-26-16/h1-7,15,24H,8-11H2/t15-/m1/s1. The van der Waals surface area contributed by atoms with Crippen LogP contribution >= 0.6 is 11.8 Å². The highest BCUT2D eigenvalue weighted by Crippen LogP contribution is 2.32. The SMILES string of the molecule is O[C@H](COCc1ccc2c(c1)OCO2)CSc1nnnn1-c1cccc(F)c1. The normalized spacial score (nSPS) is 13.6. The Balaban J connectivity index is 1.26. The Morgan fingerprint density at radius 2 is 2.11 bits per heavy atom. The fourth-order valence-corrected chi connectivity index (χ4v) is 3.40. The van der Waals surface area contributed by atoms with Gasteiger partial charge >= 0.3 is 0 Å². The molecule has 1 aliphatic rings. The Morgan fingerprint density at radius 3 is 3.00 bits per heavy atom. The summed E-state index contributed by atoms with van der Waals surface area (Å²) >= 11 is 1.26. The van der Waals surface area contributed by atoms with Gasteiger partial charge in [0.05, 0.1) is 25.0 Å². The summed E-state index contributed by atoms with van der Waals surface area (Å²) in [6.45, 7) is 0.729. The van der Waals surface area contributed by atoms with Gasteiger partial charge in [0.15, 0.2) is 11.5 Å². The van der Waals surface area contributed by atoms with Crippen LogP contribution in [0, 0.1) is 5.82 Å². The van der Waals surface area contributed by atoms with Gasteiger partial charge in [0.25, 0.3) is 0 Å². The molecule has 0 aliphatic carbocycles. The van der Waals surface area contributed by atoms with Gasteiger partial charge in [0, 0.05) is 5.75 Å². The number of aliphatic hydroxyl groups excluding tert-OH is 1. The lowest BCUT2D eigenvalue weighted by Crippen LogP contribution is -2.18. The predicted octanol–water partition coefficient (Wildman–Crippen LogP) is 2.20. The van der Waals surface area contributed by atoms with Gasteiger partial charge in [0.1, 0.15) is 5.82 Å². The highest BCUT2D eigenvalue weighted by molar-refractivity contribution is 7.99. The molecule has 8 nitrogen and oxygen atoms in total. The molecule has 0 radical (unpaired) electrons. The molecule has 1 N–H and O–H groups in total. The van der Waals surface area contributed by atoms with Crippen molar-refractivity contribution >= 4 is 11.8 Å². The van der Waals surface area contributed by atoms with Crippen molar-refractivity contribution in [3.05, 3.63) is 53.8 Å². The molecule has 3 aromatic rings. The quantitative estimate of drug-likeness (QED) is 0.572. The van der Waals surface area contributed by atoms with Crippen LogP contribution in [0.1, 0.15) is 5.56 Å². The van der Waals surface area contributed by atoms with Crippen molar-refractivity contribution in [3.63, 3.8) is 0 Å².